The summed E-state index contributed by atoms with van der Waals surface area (Å²) < 4.78 is 0. The zero-order chi connectivity index (χ0) is 19.7. The van der Waals surface area contributed by atoms with E-state index in [1.54, 1.807) is 0 Å². The minimum absolute atomic E-state index is 0.384. The zero-order valence-electron chi connectivity index (χ0n) is 15.2. The first-order valence-corrected chi connectivity index (χ1v) is 8.55. The highest BCUT2D eigenvalue weighted by Crippen LogP contribution is 2.22. The maximum Gasteiger partial charge on any atom is 0.110 e. The Morgan fingerprint density at radius 3 is 2.50 bits per heavy atom. The van der Waals surface area contributed by atoms with Crippen LogP contribution >= 0.6 is 12.2 Å². The normalized spacial score (nSPS) is 16.7. The van der Waals surface area contributed by atoms with Crippen LogP contribution in [0, 0.1) is 5.92 Å². The van der Waals surface area contributed by atoms with Gasteiger partial charge in [-0.3, -0.25) is 4.98 Å². The second-order valence-electron chi connectivity index (χ2n) is 6.32. The fourth-order valence-electron chi connectivity index (χ4n) is 2.58. The lowest BCUT2D eigenvalue weighted by Gasteiger charge is -2.23. The number of rotatable bonds is 5. The molecule has 0 aliphatic carbocycles. The van der Waals surface area contributed by atoms with E-state index in [0.29, 0.717) is 18.1 Å². The summed E-state index contributed by atoms with van der Waals surface area (Å²) in [5.41, 5.74) is 2.30. The molecule has 0 aromatic carbocycles. The molecule has 26 heavy (non-hydrogen) atoms. The monoisotopic (exact) mass is 377 g/mol. The molecule has 8 heteroatoms. The van der Waals surface area contributed by atoms with Gasteiger partial charge in [0, 0.05) is 25.4 Å². The summed E-state index contributed by atoms with van der Waals surface area (Å²) >= 11 is 5.53. The van der Waals surface area contributed by atoms with Gasteiger partial charge in [0.25, 0.3) is 0 Å². The van der Waals surface area contributed by atoms with Crippen molar-refractivity contribution in [2.75, 3.05) is 34.2 Å². The number of carboxylic acids is 2. The van der Waals surface area contributed by atoms with Crippen LogP contribution in [-0.4, -0.2) is 65.9 Å². The van der Waals surface area contributed by atoms with Crippen LogP contribution in [-0.2, 0) is 16.0 Å². The van der Waals surface area contributed by atoms with Gasteiger partial charge in [0.15, 0.2) is 0 Å². The van der Waals surface area contributed by atoms with Crippen molar-refractivity contribution in [1.29, 1.82) is 0 Å². The van der Waals surface area contributed by atoms with Gasteiger partial charge < -0.3 is 29.6 Å². The SMILES string of the molecule is CN(C)CCC1Cc2ncccc2C(=S)N(C)C1.O=C([O-])/C=C/C(=O)[O-]. The van der Waals surface area contributed by atoms with Crippen molar-refractivity contribution in [3.05, 3.63) is 41.7 Å². The molecule has 0 spiro atoms. The molecule has 1 aromatic heterocycles. The number of aliphatic carboxylic acids is 2. The summed E-state index contributed by atoms with van der Waals surface area (Å²) in [7, 11) is 6.33. The largest absolute Gasteiger partial charge is 0.545 e. The molecule has 1 aromatic rings. The number of hydrogen-bond donors (Lipinski definition) is 0. The average Bonchev–Trinajstić information content (AvgIpc) is 2.69. The molecule has 0 bridgehead atoms. The first-order valence-electron chi connectivity index (χ1n) is 8.14. The second kappa shape index (κ2) is 10.6. The van der Waals surface area contributed by atoms with E-state index in [1.165, 1.54) is 6.42 Å². The number of thiocarbonyl (C=S) groups is 1. The van der Waals surface area contributed by atoms with E-state index in [2.05, 4.69) is 42.0 Å². The minimum Gasteiger partial charge on any atom is -0.545 e. The molecule has 0 fully saturated rings. The van der Waals surface area contributed by atoms with E-state index in [9.17, 15) is 19.8 Å². The highest BCUT2D eigenvalue weighted by Gasteiger charge is 2.23. The lowest BCUT2D eigenvalue weighted by atomic mass is 9.98. The van der Waals surface area contributed by atoms with Crippen molar-refractivity contribution >= 4 is 29.1 Å². The smallest absolute Gasteiger partial charge is 0.110 e. The third-order valence-corrected chi connectivity index (χ3v) is 4.35. The predicted octanol–water partition coefficient (Wildman–Crippen LogP) is -1.14. The van der Waals surface area contributed by atoms with Crippen LogP contribution < -0.4 is 10.2 Å². The van der Waals surface area contributed by atoms with E-state index in [1.807, 2.05) is 12.3 Å². The molecule has 1 aliphatic heterocycles. The lowest BCUT2D eigenvalue weighted by molar-refractivity contribution is -0.301. The quantitative estimate of drug-likeness (QED) is 0.469. The van der Waals surface area contributed by atoms with Gasteiger partial charge in [-0.05, 0) is 63.7 Å². The van der Waals surface area contributed by atoms with E-state index >= 15 is 0 Å². The number of fused-ring (bicyclic) bond motifs is 1. The molecule has 2 heterocycles. The van der Waals surface area contributed by atoms with E-state index in [4.69, 9.17) is 12.2 Å². The molecule has 1 unspecified atom stereocenters. The molecular weight excluding hydrogens is 354 g/mol. The highest BCUT2D eigenvalue weighted by molar-refractivity contribution is 7.80. The Labute approximate surface area is 158 Å². The van der Waals surface area contributed by atoms with Gasteiger partial charge in [0.2, 0.25) is 0 Å². The van der Waals surface area contributed by atoms with Crippen molar-refractivity contribution in [3.63, 3.8) is 0 Å². The van der Waals surface area contributed by atoms with Crippen molar-refractivity contribution in [1.82, 2.24) is 14.8 Å². The zero-order valence-corrected chi connectivity index (χ0v) is 16.0. The predicted molar refractivity (Wildman–Crippen MR) is 98.1 cm³/mol. The average molecular weight is 377 g/mol. The van der Waals surface area contributed by atoms with E-state index < -0.39 is 11.9 Å². The number of aromatic nitrogens is 1. The van der Waals surface area contributed by atoms with Crippen LogP contribution in [0.15, 0.2) is 30.5 Å². The third kappa shape index (κ3) is 7.71. The Hall–Kier alpha value is -2.32. The van der Waals surface area contributed by atoms with Crippen LogP contribution in [0.5, 0.6) is 0 Å². The Bertz CT molecular complexity index is 660. The minimum atomic E-state index is -1.55. The third-order valence-electron chi connectivity index (χ3n) is 3.82. The molecular formula is C18H23N3O4S-2. The maximum atomic E-state index is 9.41. The summed E-state index contributed by atoms with van der Waals surface area (Å²) in [4.78, 5) is 28.7. The van der Waals surface area contributed by atoms with Crippen molar-refractivity contribution < 1.29 is 19.8 Å². The number of hydrogen-bond acceptors (Lipinski definition) is 7. The number of carbonyl (C=O) groups excluding carboxylic acids is 2. The lowest BCUT2D eigenvalue weighted by Crippen LogP contribution is -2.30. The number of nitrogens with zero attached hydrogens (tertiary/aromatic N) is 3. The Kier molecular flexibility index (Phi) is 8.87. The van der Waals surface area contributed by atoms with Gasteiger partial charge in [0.1, 0.15) is 4.99 Å². The van der Waals surface area contributed by atoms with Crippen LogP contribution in [0.4, 0.5) is 0 Å². The molecule has 1 atom stereocenters. The van der Waals surface area contributed by atoms with Crippen molar-refractivity contribution in [2.24, 2.45) is 5.92 Å². The molecule has 0 radical (unpaired) electrons. The second-order valence-corrected chi connectivity index (χ2v) is 6.70. The number of carbonyl (C=O) groups is 2. The molecule has 1 aliphatic rings. The van der Waals surface area contributed by atoms with E-state index in [0.717, 1.165) is 35.8 Å². The van der Waals surface area contributed by atoms with Gasteiger partial charge in [-0.2, -0.15) is 0 Å². The van der Waals surface area contributed by atoms with Gasteiger partial charge in [-0.25, -0.2) is 0 Å². The fourth-order valence-corrected chi connectivity index (χ4v) is 2.84. The first-order chi connectivity index (χ1) is 12.2. The summed E-state index contributed by atoms with van der Waals surface area (Å²) in [6.45, 7) is 2.15. The molecule has 0 N–H and O–H groups in total. The van der Waals surface area contributed by atoms with Crippen LogP contribution in [0.1, 0.15) is 17.7 Å². The maximum absolute atomic E-state index is 9.41. The van der Waals surface area contributed by atoms with Crippen LogP contribution in [0.25, 0.3) is 0 Å². The number of pyridine rings is 1. The summed E-state index contributed by atoms with van der Waals surface area (Å²) in [5, 5.41) is 18.8. The topological polar surface area (TPSA) is 99.6 Å². The van der Waals surface area contributed by atoms with Crippen LogP contribution in [0.3, 0.4) is 0 Å². The first kappa shape index (κ1) is 21.7. The van der Waals surface area contributed by atoms with Crippen molar-refractivity contribution in [2.45, 2.75) is 12.8 Å². The van der Waals surface area contributed by atoms with Crippen molar-refractivity contribution in [3.8, 4) is 0 Å². The van der Waals surface area contributed by atoms with Gasteiger partial charge >= 0.3 is 0 Å². The van der Waals surface area contributed by atoms with Gasteiger partial charge in [-0.1, -0.05) is 12.2 Å². The molecule has 7 nitrogen and oxygen atoms in total. The summed E-state index contributed by atoms with van der Waals surface area (Å²) in [5.74, 6) is -2.46. The molecule has 0 amide bonds. The Morgan fingerprint density at radius 2 is 1.96 bits per heavy atom. The Morgan fingerprint density at radius 1 is 1.35 bits per heavy atom. The fraction of sp³-hybridized carbons (Fsp3) is 0.444. The van der Waals surface area contributed by atoms with Gasteiger partial charge in [-0.15, -0.1) is 0 Å². The van der Waals surface area contributed by atoms with Crippen LogP contribution in [0.2, 0.25) is 0 Å². The summed E-state index contributed by atoms with van der Waals surface area (Å²) in [6, 6.07) is 4.06. The molecule has 0 saturated heterocycles. The molecule has 0 saturated carbocycles. The van der Waals surface area contributed by atoms with E-state index in [-0.39, 0.29) is 0 Å². The molecule has 2 rings (SSSR count). The number of carboxylic acid groups (broad SMARTS) is 2. The highest BCUT2D eigenvalue weighted by atomic mass is 32.1. The molecule has 142 valence electrons. The van der Waals surface area contributed by atoms with Gasteiger partial charge in [0.05, 0.1) is 17.6 Å². The summed E-state index contributed by atoms with van der Waals surface area (Å²) in [6.07, 6.45) is 4.87. The standard InChI is InChI=1S/C14H21N3S.C4H4O4/c1-16(2)8-6-11-9-13-12(5-4-7-15-13)14(18)17(3)10-11;5-3(6)1-2-4(7)8/h4-5,7,11H,6,8-10H2,1-3H3;1-2H,(H,5,6)(H,7,8)/p-2/b;2-1+. The Balaban J connectivity index is 0.000000359.